The molecule has 2 aromatic heterocycles. The molecule has 0 spiro atoms. The molecule has 0 radical (unpaired) electrons. The molecule has 17 heteroatoms. The molecule has 4 aliphatic rings. The number of aliphatic imine (C=N–C) groups is 2. The van der Waals surface area contributed by atoms with E-state index < -0.39 is 66.9 Å². The van der Waals surface area contributed by atoms with Crippen LogP contribution in [0, 0.1) is 25.7 Å². The van der Waals surface area contributed by atoms with E-state index in [4.69, 9.17) is 15.1 Å². The van der Waals surface area contributed by atoms with Crippen LogP contribution >= 0.6 is 0 Å². The highest BCUT2D eigenvalue weighted by molar-refractivity contribution is 6.25. The first-order chi connectivity index (χ1) is 29.5. The second-order valence-electron chi connectivity index (χ2n) is 16.0. The van der Waals surface area contributed by atoms with Gasteiger partial charge in [-0.05, 0) is 80.5 Å². The van der Waals surface area contributed by atoms with E-state index >= 15 is 0 Å². The first-order valence-electron chi connectivity index (χ1n) is 20.9. The average molecular weight is 852 g/mol. The fraction of sp³-hybridized carbons (Fsp3) is 0.422. The molecule has 0 saturated heterocycles. The number of aromatic nitrogens is 2. The number of hydrogen-bond acceptors (Lipinski definition) is 9. The standard InChI is InChI=1S/C45H53N7O10/c1-7-9-10-11-12-27-24(5)34-18-31-23(4)28(13-14-38(54)55)42(49-31)29(17-39(56)57)43-41(44(60)46-16-15-37(53)48-33(45(61)62)21-40(58)59)25(6)35-20-32-26(8-2)22(3)30(47-32)19-36(27)51(34)50-52(35)43/h11-12,18-20,23,28,33,50H,7-10,13-17,21H2,1-6H3,(H,46,60)(H,48,53)(H,54,55)(H,56,57)(H,58,59)(H,61,62)/b12-11+,30-19-,31-18-,32-20?,34-18?,35-20-,36-19?,42-29?,43-29-/t23-,28-,33?/m0/s1. The number of rotatable bonds is 18. The zero-order valence-corrected chi connectivity index (χ0v) is 35.7. The highest BCUT2D eigenvalue weighted by Gasteiger charge is 2.38. The number of carbonyl (C=O) groups excluding carboxylic acids is 2. The summed E-state index contributed by atoms with van der Waals surface area (Å²) in [5, 5.41) is 44.5. The van der Waals surface area contributed by atoms with Crippen LogP contribution in [0.25, 0.3) is 29.9 Å². The summed E-state index contributed by atoms with van der Waals surface area (Å²) in [6, 6.07) is -1.68. The number of allylic oxidation sites excluding steroid dienone is 4. The van der Waals surface area contributed by atoms with Crippen LogP contribution in [0.15, 0.2) is 38.6 Å². The summed E-state index contributed by atoms with van der Waals surface area (Å²) < 4.78 is 3.57. The number of carbonyl (C=O) groups is 6. The Hall–Kier alpha value is -6.78. The molecule has 0 aromatic carbocycles. The third-order valence-electron chi connectivity index (χ3n) is 11.9. The highest BCUT2D eigenvalue weighted by atomic mass is 16.4. The third kappa shape index (κ3) is 8.83. The minimum atomic E-state index is -1.68. The van der Waals surface area contributed by atoms with Gasteiger partial charge in [0.2, 0.25) is 5.91 Å². The number of carboxylic acids is 4. The summed E-state index contributed by atoms with van der Waals surface area (Å²) in [6.45, 7) is 11.6. The summed E-state index contributed by atoms with van der Waals surface area (Å²) in [5.41, 5.74) is 11.9. The van der Waals surface area contributed by atoms with Crippen LogP contribution in [0.3, 0.4) is 0 Å². The van der Waals surface area contributed by atoms with Crippen molar-refractivity contribution < 1.29 is 49.2 Å². The molecular formula is C45H53N7O10. The normalized spacial score (nSPS) is 21.0. The van der Waals surface area contributed by atoms with Gasteiger partial charge in [0, 0.05) is 48.1 Å². The van der Waals surface area contributed by atoms with Crippen LogP contribution in [-0.2, 0) is 24.0 Å². The van der Waals surface area contributed by atoms with E-state index in [-0.39, 0.29) is 41.8 Å². The lowest BCUT2D eigenvalue weighted by molar-refractivity contribution is -0.147. The molecule has 3 atom stereocenters. The number of unbranched alkanes of at least 4 members (excludes halogenated alkanes) is 2. The lowest BCUT2D eigenvalue weighted by atomic mass is 9.82. The molecule has 2 amide bonds. The first-order valence-corrected chi connectivity index (χ1v) is 20.9. The van der Waals surface area contributed by atoms with Gasteiger partial charge in [-0.25, -0.2) is 24.7 Å². The summed E-state index contributed by atoms with van der Waals surface area (Å²) in [5.74, 6) is -7.57. The van der Waals surface area contributed by atoms with E-state index in [0.717, 1.165) is 58.6 Å². The number of nitrogens with one attached hydrogen (secondary N) is 3. The molecule has 328 valence electrons. The van der Waals surface area contributed by atoms with Crippen LogP contribution in [0.1, 0.15) is 124 Å². The molecule has 6 heterocycles. The Kier molecular flexibility index (Phi) is 13.3. The van der Waals surface area contributed by atoms with Crippen LogP contribution in [-0.4, -0.2) is 89.5 Å². The van der Waals surface area contributed by atoms with Crippen molar-refractivity contribution in [3.63, 3.8) is 0 Å². The summed E-state index contributed by atoms with van der Waals surface area (Å²) in [6.07, 6.45) is 11.7. The summed E-state index contributed by atoms with van der Waals surface area (Å²) in [4.78, 5) is 85.5. The van der Waals surface area contributed by atoms with Crippen LogP contribution < -0.4 is 26.9 Å². The van der Waals surface area contributed by atoms with Gasteiger partial charge >= 0.3 is 23.9 Å². The molecule has 17 nitrogen and oxygen atoms in total. The number of nitrogens with zero attached hydrogens (tertiary/aromatic N) is 4. The summed E-state index contributed by atoms with van der Waals surface area (Å²) in [7, 11) is 0. The molecule has 2 aromatic rings. The van der Waals surface area contributed by atoms with Crippen LogP contribution in [0.2, 0.25) is 0 Å². The molecular weight excluding hydrogens is 799 g/mol. The second kappa shape index (κ2) is 18.5. The van der Waals surface area contributed by atoms with Crippen molar-refractivity contribution in [2.75, 3.05) is 12.1 Å². The lowest BCUT2D eigenvalue weighted by Crippen LogP contribution is -2.44. The number of hydrogen-bond donors (Lipinski definition) is 7. The fourth-order valence-corrected chi connectivity index (χ4v) is 8.64. The van der Waals surface area contributed by atoms with E-state index in [9.17, 15) is 44.1 Å². The Labute approximate surface area is 357 Å². The molecule has 6 rings (SSSR count). The zero-order valence-electron chi connectivity index (χ0n) is 35.7. The number of carboxylic acid groups (broad SMARTS) is 4. The van der Waals surface area contributed by atoms with Crippen molar-refractivity contribution in [2.24, 2.45) is 21.8 Å². The number of aliphatic carboxylic acids is 4. The third-order valence-corrected chi connectivity index (χ3v) is 11.9. The highest BCUT2D eigenvalue weighted by Crippen LogP contribution is 2.40. The van der Waals surface area contributed by atoms with E-state index in [0.29, 0.717) is 34.5 Å². The first kappa shape index (κ1) is 44.8. The second-order valence-corrected chi connectivity index (χ2v) is 16.0. The zero-order chi connectivity index (χ0) is 45.2. The number of fused-ring (bicyclic) bond motifs is 2. The largest absolute Gasteiger partial charge is 0.481 e. The predicted octanol–water partition coefficient (Wildman–Crippen LogP) is 4.15. The Balaban J connectivity index is 1.66. The molecule has 0 saturated carbocycles. The van der Waals surface area contributed by atoms with Gasteiger partial charge < -0.3 is 31.1 Å². The monoisotopic (exact) mass is 851 g/mol. The van der Waals surface area contributed by atoms with Gasteiger partial charge in [0.25, 0.3) is 5.91 Å². The Morgan fingerprint density at radius 1 is 0.887 bits per heavy atom. The van der Waals surface area contributed by atoms with Gasteiger partial charge in [-0.15, -0.1) is 0 Å². The Morgan fingerprint density at radius 2 is 1.63 bits per heavy atom. The van der Waals surface area contributed by atoms with Gasteiger partial charge in [-0.2, -0.15) is 0 Å². The van der Waals surface area contributed by atoms with E-state index in [1.54, 1.807) is 11.6 Å². The van der Waals surface area contributed by atoms with Crippen molar-refractivity contribution in [3.05, 3.63) is 73.0 Å². The Bertz CT molecular complexity index is 2600. The maximum atomic E-state index is 14.7. The van der Waals surface area contributed by atoms with E-state index in [1.165, 1.54) is 0 Å². The average Bonchev–Trinajstić information content (AvgIpc) is 3.84. The van der Waals surface area contributed by atoms with Gasteiger partial charge in [0.05, 0.1) is 57.6 Å². The van der Waals surface area contributed by atoms with E-state index in [2.05, 4.69) is 35.2 Å². The SMILES string of the molecule is CCCC/C=C/c1c(C)c2n3c1/C=C1N=C(/C=c4/c(C)c(C(=O)NCCC(=O)NC(CC(=O)O)C(=O)O)/c(n4N3)=C(\CC(=O)O)C3=N/C(=C\2)[C@@H](C)[C@@H]3CCC(=O)O)C(CC)=C\1C. The van der Waals surface area contributed by atoms with Crippen molar-refractivity contribution in [1.29, 1.82) is 0 Å². The van der Waals surface area contributed by atoms with Gasteiger partial charge in [-0.1, -0.05) is 45.8 Å². The molecule has 6 bridgehead atoms. The fourth-order valence-electron chi connectivity index (χ4n) is 8.64. The van der Waals surface area contributed by atoms with Crippen molar-refractivity contribution >= 4 is 77.0 Å². The molecule has 62 heavy (non-hydrogen) atoms. The summed E-state index contributed by atoms with van der Waals surface area (Å²) >= 11 is 0. The quantitative estimate of drug-likeness (QED) is 0.105. The smallest absolute Gasteiger partial charge is 0.326 e. The minimum absolute atomic E-state index is 0.0662. The van der Waals surface area contributed by atoms with Crippen LogP contribution in [0.4, 0.5) is 0 Å². The van der Waals surface area contributed by atoms with Crippen molar-refractivity contribution in [2.45, 2.75) is 105 Å². The molecule has 1 unspecified atom stereocenters. The topological polar surface area (TPSA) is 254 Å². The van der Waals surface area contributed by atoms with Gasteiger partial charge in [-0.3, -0.25) is 29.0 Å². The lowest BCUT2D eigenvalue weighted by Gasteiger charge is -2.20. The maximum Gasteiger partial charge on any atom is 0.326 e. The Morgan fingerprint density at radius 3 is 2.27 bits per heavy atom. The van der Waals surface area contributed by atoms with Crippen molar-refractivity contribution in [1.82, 2.24) is 20.0 Å². The van der Waals surface area contributed by atoms with E-state index in [1.807, 2.05) is 50.6 Å². The molecule has 4 aliphatic heterocycles. The van der Waals surface area contributed by atoms with Crippen LogP contribution in [0.5, 0.6) is 0 Å². The maximum absolute atomic E-state index is 14.7. The molecule has 0 aliphatic carbocycles. The van der Waals surface area contributed by atoms with Gasteiger partial charge in [0.1, 0.15) is 6.04 Å². The predicted molar refractivity (Wildman–Crippen MR) is 233 cm³/mol. The van der Waals surface area contributed by atoms with Crippen molar-refractivity contribution in [3.8, 4) is 0 Å². The minimum Gasteiger partial charge on any atom is -0.481 e. The number of amides is 2. The molecule has 7 N–H and O–H groups in total. The van der Waals surface area contributed by atoms with Gasteiger partial charge in [0.15, 0.2) is 0 Å². The molecule has 0 fully saturated rings.